The van der Waals surface area contributed by atoms with Crippen LogP contribution in [0, 0.1) is 0 Å². The summed E-state index contributed by atoms with van der Waals surface area (Å²) in [7, 11) is 0. The second-order valence-electron chi connectivity index (χ2n) is 4.74. The Morgan fingerprint density at radius 3 is 2.40 bits per heavy atom. The number of rotatable bonds is 3. The Hall–Kier alpha value is -1.35. The third kappa shape index (κ3) is 2.35. The molecular formula is C13H17NO6. The molecule has 20 heavy (non-hydrogen) atoms. The summed E-state index contributed by atoms with van der Waals surface area (Å²) in [6, 6.07) is 6.27. The van der Waals surface area contributed by atoms with E-state index in [1.54, 1.807) is 18.2 Å². The Balaban J connectivity index is 2.34. The minimum absolute atomic E-state index is 0.144. The lowest BCUT2D eigenvalue weighted by Crippen LogP contribution is -2.71. The molecule has 7 heteroatoms. The highest BCUT2D eigenvalue weighted by Gasteiger charge is 2.55. The van der Waals surface area contributed by atoms with Gasteiger partial charge in [-0.3, -0.25) is 4.79 Å². The molecule has 7 nitrogen and oxygen atoms in total. The van der Waals surface area contributed by atoms with Gasteiger partial charge in [-0.05, 0) is 0 Å². The Bertz CT molecular complexity index is 479. The number of aliphatic hydroxyl groups is 4. The average Bonchev–Trinajstić information content (AvgIpc) is 2.49. The largest absolute Gasteiger partial charge is 0.394 e. The summed E-state index contributed by atoms with van der Waals surface area (Å²) >= 11 is 0. The molecule has 0 spiro atoms. The van der Waals surface area contributed by atoms with E-state index in [1.165, 1.54) is 12.1 Å². The van der Waals surface area contributed by atoms with Gasteiger partial charge in [0.25, 0.3) is 0 Å². The van der Waals surface area contributed by atoms with Crippen molar-refractivity contribution in [3.05, 3.63) is 35.9 Å². The second kappa shape index (κ2) is 5.57. The second-order valence-corrected chi connectivity index (χ2v) is 4.74. The summed E-state index contributed by atoms with van der Waals surface area (Å²) < 4.78 is 5.06. The van der Waals surface area contributed by atoms with Crippen molar-refractivity contribution >= 4 is 5.78 Å². The number of aliphatic hydroxyl groups excluding tert-OH is 3. The lowest BCUT2D eigenvalue weighted by Gasteiger charge is -2.45. The van der Waals surface area contributed by atoms with Gasteiger partial charge in [-0.25, -0.2) is 0 Å². The molecule has 1 aromatic rings. The highest BCUT2D eigenvalue weighted by Crippen LogP contribution is 2.29. The first-order chi connectivity index (χ1) is 9.41. The molecule has 1 unspecified atom stereocenters. The highest BCUT2D eigenvalue weighted by atomic mass is 16.7. The van der Waals surface area contributed by atoms with Crippen LogP contribution in [0.2, 0.25) is 0 Å². The fourth-order valence-corrected chi connectivity index (χ4v) is 2.19. The molecule has 1 fully saturated rings. The van der Waals surface area contributed by atoms with E-state index in [-0.39, 0.29) is 5.56 Å². The maximum Gasteiger partial charge on any atom is 0.250 e. The van der Waals surface area contributed by atoms with Gasteiger partial charge in [-0.1, -0.05) is 30.3 Å². The Morgan fingerprint density at radius 2 is 1.85 bits per heavy atom. The lowest BCUT2D eigenvalue weighted by molar-refractivity contribution is -0.286. The zero-order chi connectivity index (χ0) is 14.9. The molecule has 0 bridgehead atoms. The first-order valence-electron chi connectivity index (χ1n) is 6.14. The molecule has 0 amide bonds. The predicted molar refractivity (Wildman–Crippen MR) is 67.7 cm³/mol. The van der Waals surface area contributed by atoms with Gasteiger partial charge in [0.1, 0.15) is 18.3 Å². The maximum atomic E-state index is 12.3. The smallest absolute Gasteiger partial charge is 0.250 e. The predicted octanol–water partition coefficient (Wildman–Crippen LogP) is -2.00. The number of ketones is 1. The van der Waals surface area contributed by atoms with Crippen molar-refractivity contribution in [1.82, 2.24) is 0 Å². The summed E-state index contributed by atoms with van der Waals surface area (Å²) in [6.45, 7) is -0.671. The molecule has 0 aromatic heterocycles. The summed E-state index contributed by atoms with van der Waals surface area (Å²) in [4.78, 5) is 12.3. The van der Waals surface area contributed by atoms with Gasteiger partial charge < -0.3 is 30.9 Å². The molecule has 0 aliphatic carbocycles. The molecule has 1 saturated heterocycles. The van der Waals surface area contributed by atoms with E-state index >= 15 is 0 Å². The summed E-state index contributed by atoms with van der Waals surface area (Å²) in [5, 5.41) is 38.9. The van der Waals surface area contributed by atoms with Crippen LogP contribution in [0.25, 0.3) is 0 Å². The average molecular weight is 283 g/mol. The highest BCUT2D eigenvalue weighted by molar-refractivity contribution is 6.02. The van der Waals surface area contributed by atoms with Crippen molar-refractivity contribution in [1.29, 1.82) is 0 Å². The van der Waals surface area contributed by atoms with Crippen molar-refractivity contribution < 1.29 is 30.0 Å². The van der Waals surface area contributed by atoms with E-state index in [2.05, 4.69) is 0 Å². The van der Waals surface area contributed by atoms with Gasteiger partial charge in [0.15, 0.2) is 0 Å². The zero-order valence-corrected chi connectivity index (χ0v) is 10.6. The van der Waals surface area contributed by atoms with Crippen molar-refractivity contribution in [3.8, 4) is 0 Å². The molecular weight excluding hydrogens is 266 g/mol. The Kier molecular flexibility index (Phi) is 4.19. The van der Waals surface area contributed by atoms with Crippen LogP contribution >= 0.6 is 0 Å². The first kappa shape index (κ1) is 15.0. The number of benzene rings is 1. The van der Waals surface area contributed by atoms with Crippen LogP contribution in [0.1, 0.15) is 10.4 Å². The van der Waals surface area contributed by atoms with Gasteiger partial charge in [0.05, 0.1) is 12.6 Å². The minimum atomic E-state index is -2.51. The summed E-state index contributed by atoms with van der Waals surface area (Å²) in [5.41, 5.74) is 5.76. The molecule has 1 aliphatic heterocycles. The van der Waals surface area contributed by atoms with Crippen molar-refractivity contribution in [2.24, 2.45) is 5.73 Å². The molecule has 0 radical (unpaired) electrons. The first-order valence-corrected chi connectivity index (χ1v) is 6.14. The van der Waals surface area contributed by atoms with Crippen LogP contribution < -0.4 is 5.73 Å². The van der Waals surface area contributed by atoms with E-state index in [4.69, 9.17) is 15.6 Å². The SMILES string of the molecule is N[C@@H]1[C@@H](O)[C@@H](O)[C@@H](CO)OC1(O)C(=O)c1ccccc1. The van der Waals surface area contributed by atoms with Gasteiger partial charge >= 0.3 is 0 Å². The Labute approximate surface area is 115 Å². The van der Waals surface area contributed by atoms with Crippen molar-refractivity contribution in [3.63, 3.8) is 0 Å². The standard InChI is InChI=1S/C13H17NO6/c14-11-10(17)9(16)8(6-15)20-13(11,19)12(18)7-4-2-1-3-5-7/h1-5,8-11,15-17,19H,6,14H2/t8-,9+,10+,11-,13?/m1/s1. The van der Waals surface area contributed by atoms with E-state index < -0.39 is 42.5 Å². The molecule has 110 valence electrons. The molecule has 2 rings (SSSR count). The number of Topliss-reactive ketones (excluding diaryl/α,β-unsaturated/α-hetero) is 1. The minimum Gasteiger partial charge on any atom is -0.394 e. The third-order valence-corrected chi connectivity index (χ3v) is 3.42. The van der Waals surface area contributed by atoms with Crippen molar-refractivity contribution in [2.75, 3.05) is 6.61 Å². The summed E-state index contributed by atoms with van der Waals surface area (Å²) in [6.07, 6.45) is -4.39. The number of ether oxygens (including phenoxy) is 1. The van der Waals surface area contributed by atoms with Crippen LogP contribution in [0.15, 0.2) is 30.3 Å². The van der Waals surface area contributed by atoms with Gasteiger partial charge in [0, 0.05) is 5.56 Å². The van der Waals surface area contributed by atoms with Crippen LogP contribution in [0.3, 0.4) is 0 Å². The molecule has 5 atom stereocenters. The van der Waals surface area contributed by atoms with E-state index in [0.29, 0.717) is 0 Å². The van der Waals surface area contributed by atoms with Crippen LogP contribution in [-0.2, 0) is 4.74 Å². The fraction of sp³-hybridized carbons (Fsp3) is 0.462. The third-order valence-electron chi connectivity index (χ3n) is 3.42. The van der Waals surface area contributed by atoms with Crippen LogP contribution in [0.4, 0.5) is 0 Å². The molecule has 6 N–H and O–H groups in total. The van der Waals surface area contributed by atoms with Crippen LogP contribution in [-0.4, -0.2) is 63.0 Å². The van der Waals surface area contributed by atoms with E-state index in [0.717, 1.165) is 0 Å². The topological polar surface area (TPSA) is 133 Å². The van der Waals surface area contributed by atoms with Gasteiger partial charge in [-0.2, -0.15) is 0 Å². The normalized spacial score (nSPS) is 37.6. The zero-order valence-electron chi connectivity index (χ0n) is 10.6. The molecule has 1 aromatic carbocycles. The van der Waals surface area contributed by atoms with Gasteiger partial charge in [0.2, 0.25) is 11.6 Å². The van der Waals surface area contributed by atoms with Crippen LogP contribution in [0.5, 0.6) is 0 Å². The maximum absolute atomic E-state index is 12.3. The number of carbonyl (C=O) groups is 1. The van der Waals surface area contributed by atoms with E-state index in [1.807, 2.05) is 0 Å². The number of hydrogen-bond acceptors (Lipinski definition) is 7. The molecule has 1 heterocycles. The fourth-order valence-electron chi connectivity index (χ4n) is 2.19. The van der Waals surface area contributed by atoms with Gasteiger partial charge in [-0.15, -0.1) is 0 Å². The Morgan fingerprint density at radius 1 is 1.25 bits per heavy atom. The monoisotopic (exact) mass is 283 g/mol. The molecule has 0 saturated carbocycles. The number of hydrogen-bond donors (Lipinski definition) is 5. The number of nitrogens with two attached hydrogens (primary N) is 1. The molecule has 1 aliphatic rings. The summed E-state index contributed by atoms with van der Waals surface area (Å²) in [5.74, 6) is -3.34. The van der Waals surface area contributed by atoms with E-state index in [9.17, 15) is 20.1 Å². The number of carbonyl (C=O) groups excluding carboxylic acids is 1. The quantitative estimate of drug-likeness (QED) is 0.405. The van der Waals surface area contributed by atoms with Crippen molar-refractivity contribution in [2.45, 2.75) is 30.1 Å². The lowest BCUT2D eigenvalue weighted by atomic mass is 9.86.